The van der Waals surface area contributed by atoms with Gasteiger partial charge in [0, 0.05) is 26.1 Å². The van der Waals surface area contributed by atoms with Crippen molar-refractivity contribution in [3.05, 3.63) is 59.7 Å². The molecular formula is C21H23NO5. The van der Waals surface area contributed by atoms with Gasteiger partial charge in [-0.1, -0.05) is 48.5 Å². The number of alkyl carbamates (subject to hydrolysis) is 1. The van der Waals surface area contributed by atoms with E-state index in [4.69, 9.17) is 9.47 Å². The Bertz CT molecular complexity index is 804. The second-order valence-corrected chi connectivity index (χ2v) is 6.83. The maximum absolute atomic E-state index is 12.3. The van der Waals surface area contributed by atoms with Crippen LogP contribution in [0, 0.1) is 0 Å². The molecular weight excluding hydrogens is 346 g/mol. The van der Waals surface area contributed by atoms with Gasteiger partial charge in [-0.05, 0) is 29.2 Å². The van der Waals surface area contributed by atoms with Crippen LogP contribution in [0.15, 0.2) is 48.5 Å². The number of hydrogen-bond donors (Lipinski definition) is 2. The van der Waals surface area contributed by atoms with Gasteiger partial charge in [0.1, 0.15) is 12.1 Å². The van der Waals surface area contributed by atoms with Gasteiger partial charge in [-0.15, -0.1) is 0 Å². The summed E-state index contributed by atoms with van der Waals surface area (Å²) in [6.07, 6.45) is -0.610. The van der Waals surface area contributed by atoms with Crippen molar-refractivity contribution in [2.24, 2.45) is 0 Å². The normalized spacial score (nSPS) is 14.7. The van der Waals surface area contributed by atoms with Crippen molar-refractivity contribution in [1.82, 2.24) is 5.32 Å². The molecule has 0 spiro atoms. The number of hydrogen-bond acceptors (Lipinski definition) is 4. The molecule has 2 aromatic carbocycles. The number of aliphatic carboxylic acids is 1. The fraction of sp³-hybridized carbons (Fsp3) is 0.333. The first-order chi connectivity index (χ1) is 13.0. The SMILES string of the molecule is COCC[C@](C)(NC(=O)OCC1c2ccccc2-c2ccccc21)C(=O)O. The lowest BCUT2D eigenvalue weighted by Crippen LogP contribution is -2.53. The van der Waals surface area contributed by atoms with Gasteiger partial charge in [0.25, 0.3) is 0 Å². The van der Waals surface area contributed by atoms with Gasteiger partial charge in [-0.3, -0.25) is 0 Å². The zero-order valence-electron chi connectivity index (χ0n) is 15.4. The molecule has 1 amide bonds. The summed E-state index contributed by atoms with van der Waals surface area (Å²) in [6, 6.07) is 16.1. The Labute approximate surface area is 158 Å². The minimum Gasteiger partial charge on any atom is -0.480 e. The summed E-state index contributed by atoms with van der Waals surface area (Å²) in [4.78, 5) is 23.8. The van der Waals surface area contributed by atoms with Crippen LogP contribution in [0.1, 0.15) is 30.4 Å². The number of ether oxygens (including phenoxy) is 2. The largest absolute Gasteiger partial charge is 0.480 e. The first kappa shape index (κ1) is 18.9. The Balaban J connectivity index is 1.71. The van der Waals surface area contributed by atoms with E-state index in [1.54, 1.807) is 0 Å². The number of methoxy groups -OCH3 is 1. The quantitative estimate of drug-likeness (QED) is 0.781. The Morgan fingerprint density at radius 2 is 1.63 bits per heavy atom. The summed E-state index contributed by atoms with van der Waals surface area (Å²) in [5.41, 5.74) is 3.03. The number of fused-ring (bicyclic) bond motifs is 3. The van der Waals surface area contributed by atoms with Crippen LogP contribution in [0.25, 0.3) is 11.1 Å². The highest BCUT2D eigenvalue weighted by atomic mass is 16.5. The fourth-order valence-electron chi connectivity index (χ4n) is 3.39. The zero-order valence-corrected chi connectivity index (χ0v) is 15.4. The predicted octanol–water partition coefficient (Wildman–Crippen LogP) is 3.40. The topological polar surface area (TPSA) is 84.9 Å². The van der Waals surface area contributed by atoms with Crippen molar-refractivity contribution < 1.29 is 24.2 Å². The zero-order chi connectivity index (χ0) is 19.4. The van der Waals surface area contributed by atoms with Crippen LogP contribution >= 0.6 is 0 Å². The van der Waals surface area contributed by atoms with Gasteiger partial charge in [0.2, 0.25) is 0 Å². The summed E-state index contributed by atoms with van der Waals surface area (Å²) < 4.78 is 10.3. The van der Waals surface area contributed by atoms with Crippen molar-refractivity contribution >= 4 is 12.1 Å². The second-order valence-electron chi connectivity index (χ2n) is 6.83. The molecule has 0 bridgehead atoms. The molecule has 6 nitrogen and oxygen atoms in total. The maximum atomic E-state index is 12.3. The highest BCUT2D eigenvalue weighted by Gasteiger charge is 2.36. The Morgan fingerprint density at radius 3 is 2.15 bits per heavy atom. The van der Waals surface area contributed by atoms with Crippen LogP contribution in [-0.2, 0) is 14.3 Å². The first-order valence-electron chi connectivity index (χ1n) is 8.82. The molecule has 3 rings (SSSR count). The average Bonchev–Trinajstić information content (AvgIpc) is 2.98. The highest BCUT2D eigenvalue weighted by molar-refractivity contribution is 5.84. The third kappa shape index (κ3) is 3.80. The number of benzene rings is 2. The van der Waals surface area contributed by atoms with Crippen LogP contribution < -0.4 is 5.32 Å². The van der Waals surface area contributed by atoms with Gasteiger partial charge in [-0.2, -0.15) is 0 Å². The molecule has 1 aliphatic carbocycles. The first-order valence-corrected chi connectivity index (χ1v) is 8.82. The molecule has 0 heterocycles. The Hall–Kier alpha value is -2.86. The third-order valence-electron chi connectivity index (χ3n) is 5.00. The van der Waals surface area contributed by atoms with E-state index in [1.165, 1.54) is 14.0 Å². The van der Waals surface area contributed by atoms with Crippen molar-refractivity contribution in [1.29, 1.82) is 0 Å². The molecule has 27 heavy (non-hydrogen) atoms. The molecule has 0 aliphatic heterocycles. The number of carbonyl (C=O) groups excluding carboxylic acids is 1. The van der Waals surface area contributed by atoms with Crippen molar-refractivity contribution in [3.8, 4) is 11.1 Å². The molecule has 6 heteroatoms. The van der Waals surface area contributed by atoms with Gasteiger partial charge < -0.3 is 19.9 Å². The third-order valence-corrected chi connectivity index (χ3v) is 5.00. The maximum Gasteiger partial charge on any atom is 0.408 e. The molecule has 0 saturated carbocycles. The van der Waals surface area contributed by atoms with Crippen molar-refractivity contribution in [3.63, 3.8) is 0 Å². The molecule has 142 valence electrons. The number of carbonyl (C=O) groups is 2. The second kappa shape index (κ2) is 7.80. The van der Waals surface area contributed by atoms with E-state index in [9.17, 15) is 14.7 Å². The summed E-state index contributed by atoms with van der Waals surface area (Å²) in [6.45, 7) is 1.79. The minimum atomic E-state index is -1.45. The molecule has 1 atom stereocenters. The Morgan fingerprint density at radius 1 is 1.07 bits per heavy atom. The lowest BCUT2D eigenvalue weighted by Gasteiger charge is -2.26. The Kier molecular flexibility index (Phi) is 5.46. The molecule has 1 aliphatic rings. The number of rotatable bonds is 7. The van der Waals surface area contributed by atoms with Crippen molar-refractivity contribution in [2.45, 2.75) is 24.8 Å². The number of carboxylic acids is 1. The lowest BCUT2D eigenvalue weighted by molar-refractivity contribution is -0.144. The summed E-state index contributed by atoms with van der Waals surface area (Å²) in [7, 11) is 1.48. The van der Waals surface area contributed by atoms with E-state index in [-0.39, 0.29) is 25.6 Å². The molecule has 2 N–H and O–H groups in total. The van der Waals surface area contributed by atoms with E-state index in [1.807, 2.05) is 36.4 Å². The molecule has 0 aromatic heterocycles. The van der Waals surface area contributed by atoms with E-state index >= 15 is 0 Å². The van der Waals surface area contributed by atoms with Crippen LogP contribution in [0.2, 0.25) is 0 Å². The van der Waals surface area contributed by atoms with Gasteiger partial charge >= 0.3 is 12.1 Å². The predicted molar refractivity (Wildman–Crippen MR) is 101 cm³/mol. The van der Waals surface area contributed by atoms with E-state index < -0.39 is 17.6 Å². The summed E-state index contributed by atoms with van der Waals surface area (Å²) in [5.74, 6) is -1.20. The van der Waals surface area contributed by atoms with Crippen LogP contribution in [-0.4, -0.2) is 43.0 Å². The van der Waals surface area contributed by atoms with E-state index in [2.05, 4.69) is 17.4 Å². The van der Waals surface area contributed by atoms with Crippen LogP contribution in [0.5, 0.6) is 0 Å². The molecule has 0 unspecified atom stereocenters. The van der Waals surface area contributed by atoms with Crippen LogP contribution in [0.4, 0.5) is 4.79 Å². The van der Waals surface area contributed by atoms with Gasteiger partial charge in [0.15, 0.2) is 0 Å². The smallest absolute Gasteiger partial charge is 0.408 e. The highest BCUT2D eigenvalue weighted by Crippen LogP contribution is 2.44. The number of carboxylic acid groups (broad SMARTS) is 1. The fourth-order valence-corrected chi connectivity index (χ4v) is 3.39. The lowest BCUT2D eigenvalue weighted by atomic mass is 9.98. The van der Waals surface area contributed by atoms with Crippen molar-refractivity contribution in [2.75, 3.05) is 20.3 Å². The van der Waals surface area contributed by atoms with Crippen LogP contribution in [0.3, 0.4) is 0 Å². The molecule has 2 aromatic rings. The monoisotopic (exact) mass is 369 g/mol. The molecule has 0 radical (unpaired) electrons. The minimum absolute atomic E-state index is 0.0711. The summed E-state index contributed by atoms with van der Waals surface area (Å²) >= 11 is 0. The average molecular weight is 369 g/mol. The van der Waals surface area contributed by atoms with E-state index in [0.717, 1.165) is 22.3 Å². The molecule has 0 saturated heterocycles. The van der Waals surface area contributed by atoms with Gasteiger partial charge in [0.05, 0.1) is 0 Å². The van der Waals surface area contributed by atoms with Gasteiger partial charge in [-0.25, -0.2) is 9.59 Å². The standard InChI is InChI=1S/C21H23NO5/c1-21(19(23)24,11-12-26-2)22-20(25)27-13-18-16-9-5-3-7-14(16)15-8-4-6-10-17(15)18/h3-10,18H,11-13H2,1-2H3,(H,22,25)(H,23,24)/t21-/m0/s1. The molecule has 0 fully saturated rings. The number of amides is 1. The van der Waals surface area contributed by atoms with E-state index in [0.29, 0.717) is 0 Å². The summed E-state index contributed by atoms with van der Waals surface area (Å²) in [5, 5.41) is 11.9. The number of nitrogens with one attached hydrogen (secondary N) is 1.